The van der Waals surface area contributed by atoms with E-state index in [9.17, 15) is 0 Å². The van der Waals surface area contributed by atoms with E-state index in [-0.39, 0.29) is 0 Å². The minimum atomic E-state index is 0.771. The van der Waals surface area contributed by atoms with Crippen molar-refractivity contribution in [2.45, 2.75) is 27.2 Å². The minimum Gasteiger partial charge on any atom is -0.103 e. The van der Waals surface area contributed by atoms with Gasteiger partial charge in [0.15, 0.2) is 0 Å². The van der Waals surface area contributed by atoms with Crippen molar-refractivity contribution in [3.63, 3.8) is 0 Å². The number of rotatable bonds is 2. The van der Waals surface area contributed by atoms with Crippen LogP contribution in [0.15, 0.2) is 29.3 Å². The highest BCUT2D eigenvalue weighted by atomic mass is 79.9. The van der Waals surface area contributed by atoms with Gasteiger partial charge in [-0.15, -0.1) is 6.58 Å². The van der Waals surface area contributed by atoms with Crippen LogP contribution in [-0.2, 0) is 6.42 Å². The third kappa shape index (κ3) is 3.85. The van der Waals surface area contributed by atoms with E-state index in [2.05, 4.69) is 29.4 Å². The molecule has 0 saturated heterocycles. The fourth-order valence-electron chi connectivity index (χ4n) is 1.13. The van der Waals surface area contributed by atoms with Crippen LogP contribution in [0.4, 0.5) is 0 Å². The lowest BCUT2D eigenvalue weighted by molar-refractivity contribution is 1.20. The molecule has 1 aromatic carbocycles. The van der Waals surface area contributed by atoms with E-state index in [0.29, 0.717) is 0 Å². The van der Waals surface area contributed by atoms with Crippen molar-refractivity contribution in [1.29, 1.82) is 0 Å². The van der Waals surface area contributed by atoms with Crippen molar-refractivity contribution in [2.24, 2.45) is 0 Å². The zero-order chi connectivity index (χ0) is 11.1. The van der Waals surface area contributed by atoms with Crippen LogP contribution in [0.3, 0.4) is 0 Å². The molecule has 0 aliphatic heterocycles. The Morgan fingerprint density at radius 3 is 2.43 bits per heavy atom. The molecule has 0 aromatic heterocycles. The normalized spacial score (nSPS) is 8.93. The van der Waals surface area contributed by atoms with Crippen molar-refractivity contribution in [3.05, 3.63) is 45.4 Å². The zero-order valence-electron chi connectivity index (χ0n) is 8.90. The Bertz CT molecular complexity index is 282. The summed E-state index contributed by atoms with van der Waals surface area (Å²) < 4.78 is 1.06. The van der Waals surface area contributed by atoms with Crippen LogP contribution in [0, 0.1) is 6.92 Å². The van der Waals surface area contributed by atoms with Gasteiger partial charge < -0.3 is 0 Å². The summed E-state index contributed by atoms with van der Waals surface area (Å²) in [7, 11) is 0. The van der Waals surface area contributed by atoms with Crippen molar-refractivity contribution in [1.82, 2.24) is 0 Å². The molecule has 0 atom stereocenters. The summed E-state index contributed by atoms with van der Waals surface area (Å²) in [5, 5.41) is 0.771. The molecule has 78 valence electrons. The van der Waals surface area contributed by atoms with Gasteiger partial charge in [-0.3, -0.25) is 0 Å². The lowest BCUT2D eigenvalue weighted by Crippen LogP contribution is -1.88. The molecule has 0 aliphatic carbocycles. The van der Waals surface area contributed by atoms with Crippen LogP contribution in [-0.4, -0.2) is 0 Å². The van der Waals surface area contributed by atoms with Crippen LogP contribution < -0.4 is 0 Å². The number of hydrogen-bond donors (Lipinski definition) is 0. The topological polar surface area (TPSA) is 0 Å². The van der Waals surface area contributed by atoms with Gasteiger partial charge in [-0.25, -0.2) is 0 Å². The maximum atomic E-state index is 5.87. The third-order valence-electron chi connectivity index (χ3n) is 1.73. The second-order valence-electron chi connectivity index (χ2n) is 2.68. The Morgan fingerprint density at radius 2 is 2.00 bits per heavy atom. The molecule has 1 rings (SSSR count). The maximum absolute atomic E-state index is 5.87. The van der Waals surface area contributed by atoms with Crippen molar-refractivity contribution in [3.8, 4) is 0 Å². The average Bonchev–Trinajstić information content (AvgIpc) is 2.14. The Balaban J connectivity index is 0.000000791. The molecule has 0 unspecified atom stereocenters. The molecule has 0 saturated carbocycles. The number of benzene rings is 1. The summed E-state index contributed by atoms with van der Waals surface area (Å²) in [4.78, 5) is 0. The van der Waals surface area contributed by atoms with Crippen molar-refractivity contribution >= 4 is 27.5 Å². The molecule has 0 fully saturated rings. The molecule has 0 N–H and O–H groups in total. The fourth-order valence-corrected chi connectivity index (χ4v) is 2.26. The molecular weight excluding hydrogens is 259 g/mol. The largest absolute Gasteiger partial charge is 0.103 e. The summed E-state index contributed by atoms with van der Waals surface area (Å²) >= 11 is 9.33. The summed E-state index contributed by atoms with van der Waals surface area (Å²) in [6.45, 7) is 9.76. The summed E-state index contributed by atoms with van der Waals surface area (Å²) in [6, 6.07) is 3.87. The predicted octanol–water partition coefficient (Wildman–Crippen LogP) is 5.17. The zero-order valence-corrected chi connectivity index (χ0v) is 11.2. The molecular formula is C12H16BrCl. The number of hydrogen-bond acceptors (Lipinski definition) is 0. The van der Waals surface area contributed by atoms with Gasteiger partial charge in [0.1, 0.15) is 0 Å². The van der Waals surface area contributed by atoms with E-state index in [1.54, 1.807) is 0 Å². The molecule has 0 bridgehead atoms. The van der Waals surface area contributed by atoms with E-state index in [1.807, 2.05) is 32.1 Å². The predicted molar refractivity (Wildman–Crippen MR) is 69.1 cm³/mol. The number of aryl methyl sites for hydroxylation is 1. The first-order valence-corrected chi connectivity index (χ1v) is 5.87. The van der Waals surface area contributed by atoms with Gasteiger partial charge in [-0.05, 0) is 36.6 Å². The van der Waals surface area contributed by atoms with Gasteiger partial charge in [0.25, 0.3) is 0 Å². The van der Waals surface area contributed by atoms with Crippen LogP contribution >= 0.6 is 27.5 Å². The quantitative estimate of drug-likeness (QED) is 0.654. The first-order chi connectivity index (χ1) is 6.65. The minimum absolute atomic E-state index is 0.771. The highest BCUT2D eigenvalue weighted by Gasteiger charge is 2.02. The van der Waals surface area contributed by atoms with E-state index < -0.39 is 0 Å². The molecule has 2 heteroatoms. The van der Waals surface area contributed by atoms with Crippen LogP contribution in [0.5, 0.6) is 0 Å². The average molecular weight is 276 g/mol. The lowest BCUT2D eigenvalue weighted by atomic mass is 10.1. The molecule has 0 spiro atoms. The molecule has 0 aliphatic rings. The van der Waals surface area contributed by atoms with E-state index in [0.717, 1.165) is 15.9 Å². The third-order valence-corrected chi connectivity index (χ3v) is 2.66. The smallest absolute Gasteiger partial charge is 0.0420 e. The fraction of sp³-hybridized carbons (Fsp3) is 0.333. The first kappa shape index (κ1) is 13.7. The van der Waals surface area contributed by atoms with Crippen LogP contribution in [0.1, 0.15) is 25.0 Å². The van der Waals surface area contributed by atoms with Gasteiger partial charge in [0.05, 0.1) is 0 Å². The second kappa shape index (κ2) is 7.08. The van der Waals surface area contributed by atoms with Crippen molar-refractivity contribution < 1.29 is 0 Å². The Hall–Kier alpha value is -0.270. The monoisotopic (exact) mass is 274 g/mol. The first-order valence-electron chi connectivity index (χ1n) is 4.70. The Labute approximate surface area is 100 Å². The molecule has 0 amide bonds. The maximum Gasteiger partial charge on any atom is 0.0420 e. The van der Waals surface area contributed by atoms with Gasteiger partial charge in [0, 0.05) is 9.50 Å². The van der Waals surface area contributed by atoms with Gasteiger partial charge in [-0.1, -0.05) is 47.5 Å². The van der Waals surface area contributed by atoms with Crippen LogP contribution in [0.2, 0.25) is 5.02 Å². The highest BCUT2D eigenvalue weighted by molar-refractivity contribution is 9.10. The van der Waals surface area contributed by atoms with Crippen molar-refractivity contribution in [2.75, 3.05) is 0 Å². The SMILES string of the molecule is C=CCc1c(C)cc(Cl)cc1Br.CC. The van der Waals surface area contributed by atoms with E-state index in [4.69, 9.17) is 11.6 Å². The summed E-state index contributed by atoms with van der Waals surface area (Å²) in [5.41, 5.74) is 2.46. The number of allylic oxidation sites excluding steroid dienone is 1. The molecule has 0 nitrogen and oxygen atoms in total. The Morgan fingerprint density at radius 1 is 1.43 bits per heavy atom. The lowest BCUT2D eigenvalue weighted by Gasteiger charge is -2.06. The van der Waals surface area contributed by atoms with Gasteiger partial charge >= 0.3 is 0 Å². The number of halogens is 2. The summed E-state index contributed by atoms with van der Waals surface area (Å²) in [6.07, 6.45) is 2.77. The van der Waals surface area contributed by atoms with Gasteiger partial charge in [0.2, 0.25) is 0 Å². The van der Waals surface area contributed by atoms with E-state index >= 15 is 0 Å². The highest BCUT2D eigenvalue weighted by Crippen LogP contribution is 2.25. The van der Waals surface area contributed by atoms with Crippen LogP contribution in [0.25, 0.3) is 0 Å². The molecule has 0 radical (unpaired) electrons. The van der Waals surface area contributed by atoms with E-state index in [1.165, 1.54) is 11.1 Å². The second-order valence-corrected chi connectivity index (χ2v) is 3.97. The molecule has 0 heterocycles. The molecule has 1 aromatic rings. The standard InChI is InChI=1S/C10H10BrCl.C2H6/c1-3-4-9-7(2)5-8(12)6-10(9)11;1-2/h3,5-6H,1,4H2,2H3;1-2H3. The Kier molecular flexibility index (Phi) is 6.94. The van der Waals surface area contributed by atoms with Gasteiger partial charge in [-0.2, -0.15) is 0 Å². The molecule has 14 heavy (non-hydrogen) atoms. The summed E-state index contributed by atoms with van der Waals surface area (Å²) in [5.74, 6) is 0.